The van der Waals surface area contributed by atoms with E-state index in [1.165, 1.54) is 4.52 Å². The third-order valence-electron chi connectivity index (χ3n) is 24.3. The van der Waals surface area contributed by atoms with Crippen LogP contribution in [0.15, 0.2) is 211 Å². The number of nitrogens with zero attached hydrogens (tertiary/aromatic N) is 23. The minimum atomic E-state index is -0.921. The van der Waals surface area contributed by atoms with E-state index in [2.05, 4.69) is 153 Å². The van der Waals surface area contributed by atoms with E-state index in [9.17, 15) is 52.3 Å². The van der Waals surface area contributed by atoms with Gasteiger partial charge in [0.05, 0.1) is 76.2 Å². The molecule has 15 aromatic rings. The summed E-state index contributed by atoms with van der Waals surface area (Å²) in [4.78, 5) is 169. The summed E-state index contributed by atoms with van der Waals surface area (Å²) in [6.07, 6.45) is 22.4. The van der Waals surface area contributed by atoms with E-state index in [4.69, 9.17) is 14.7 Å². The normalized spacial score (nSPS) is 18.3. The summed E-state index contributed by atoms with van der Waals surface area (Å²) in [5, 5.41) is 59.5. The smallest absolute Gasteiger partial charge is 0.254 e. The molecule has 8 aliphatic rings. The van der Waals surface area contributed by atoms with Gasteiger partial charge in [-0.3, -0.25) is 74.5 Å². The largest absolute Gasteiger partial charge is 0.383 e. The van der Waals surface area contributed by atoms with Crippen LogP contribution in [0, 0.1) is 0 Å². The van der Waals surface area contributed by atoms with E-state index < -0.39 is 18.0 Å². The van der Waals surface area contributed by atoms with Crippen molar-refractivity contribution in [2.45, 2.75) is 101 Å². The van der Waals surface area contributed by atoms with Gasteiger partial charge in [0.15, 0.2) is 28.2 Å². The number of ether oxygens (including phenoxy) is 1. The van der Waals surface area contributed by atoms with Crippen LogP contribution in [0.2, 0.25) is 0 Å². The summed E-state index contributed by atoms with van der Waals surface area (Å²) >= 11 is 0. The van der Waals surface area contributed by atoms with Crippen LogP contribution >= 0.6 is 0 Å². The van der Waals surface area contributed by atoms with Gasteiger partial charge in [-0.1, -0.05) is 91.0 Å². The molecule has 0 bridgehead atoms. The number of alkyl halides is 1. The van der Waals surface area contributed by atoms with Crippen molar-refractivity contribution in [3.8, 4) is 0 Å². The summed E-state index contributed by atoms with van der Waals surface area (Å²) in [5.41, 5.74) is 11.9. The van der Waals surface area contributed by atoms with E-state index in [0.717, 1.165) is 67.0 Å². The number of methoxy groups -OCH3 is 1. The van der Waals surface area contributed by atoms with Crippen molar-refractivity contribution in [1.82, 2.24) is 129 Å². The van der Waals surface area contributed by atoms with Gasteiger partial charge in [0.1, 0.15) is 6.17 Å². The maximum absolute atomic E-state index is 13.8. The van der Waals surface area contributed by atoms with Crippen molar-refractivity contribution >= 4 is 206 Å². The number of rotatable bonds is 26. The Morgan fingerprint density at radius 2 is 0.649 bits per heavy atom. The molecule has 2 saturated carbocycles. The molecule has 10 aromatic heterocycles. The Kier molecular flexibility index (Phi) is 29.0. The second-order valence-electron chi connectivity index (χ2n) is 35.7. The minimum Gasteiger partial charge on any atom is -0.383 e. The molecular weight excluding hydrogens is 1900 g/mol. The molecule has 16 heterocycles. The number of amides is 10. The van der Waals surface area contributed by atoms with Gasteiger partial charge in [-0.05, 0) is 150 Å². The Morgan fingerprint density at radius 1 is 0.358 bits per heavy atom. The fourth-order valence-corrected chi connectivity index (χ4v) is 16.7. The monoisotopic (exact) mass is 2000 g/mol. The molecule has 148 heavy (non-hydrogen) atoms. The second-order valence-corrected chi connectivity index (χ2v) is 35.7. The summed E-state index contributed by atoms with van der Waals surface area (Å²) < 4.78 is 26.7. The molecule has 10 amide bonds. The first-order valence-corrected chi connectivity index (χ1v) is 47.4. The molecular formula is C100H99FN36O11. The topological polar surface area (TPSA) is 561 Å². The van der Waals surface area contributed by atoms with Crippen molar-refractivity contribution in [3.05, 3.63) is 238 Å². The van der Waals surface area contributed by atoms with Gasteiger partial charge < -0.3 is 62.0 Å². The lowest BCUT2D eigenvalue weighted by Gasteiger charge is -2.33. The maximum atomic E-state index is 13.8. The molecule has 2 aliphatic carbocycles. The van der Waals surface area contributed by atoms with Gasteiger partial charge in [-0.25, -0.2) is 4.39 Å². The van der Waals surface area contributed by atoms with Gasteiger partial charge in [0.2, 0.25) is 89.0 Å². The van der Waals surface area contributed by atoms with E-state index in [1.54, 1.807) is 96.3 Å². The zero-order chi connectivity index (χ0) is 103. The van der Waals surface area contributed by atoms with Gasteiger partial charge >= 0.3 is 0 Å². The Labute approximate surface area is 841 Å². The zero-order valence-electron chi connectivity index (χ0n) is 80.5. The minimum absolute atomic E-state index is 0.0128. The highest BCUT2D eigenvalue weighted by Crippen LogP contribution is 2.34. The van der Waals surface area contributed by atoms with E-state index in [1.807, 2.05) is 166 Å². The predicted octanol–water partition coefficient (Wildman–Crippen LogP) is 9.02. The quantitative estimate of drug-likeness (QED) is 0.0136. The highest BCUT2D eigenvalue weighted by Gasteiger charge is 2.34. The Balaban J connectivity index is 0.000000117. The van der Waals surface area contributed by atoms with Crippen molar-refractivity contribution in [1.29, 1.82) is 0 Å². The van der Waals surface area contributed by atoms with Crippen molar-refractivity contribution < 1.29 is 57.1 Å². The average molecular weight is 2000 g/mol. The molecule has 6 aliphatic heterocycles. The van der Waals surface area contributed by atoms with Gasteiger partial charge in [0, 0.05) is 137 Å². The lowest BCUT2D eigenvalue weighted by atomic mass is 9.91. The molecule has 0 spiro atoms. The van der Waals surface area contributed by atoms with E-state index >= 15 is 0 Å². The highest BCUT2D eigenvalue weighted by molar-refractivity contribution is 6.19. The number of anilines is 15. The highest BCUT2D eigenvalue weighted by atomic mass is 19.1. The van der Waals surface area contributed by atoms with Crippen LogP contribution in [-0.4, -0.2) is 248 Å². The number of hydrogen-bond donors (Lipinski definition) is 13. The van der Waals surface area contributed by atoms with Crippen LogP contribution in [0.4, 0.5) is 92.3 Å². The number of hydrogen-bond acceptors (Lipinski definition) is 37. The van der Waals surface area contributed by atoms with Gasteiger partial charge in [-0.15, -0.1) is 0 Å². The van der Waals surface area contributed by atoms with Crippen molar-refractivity contribution in [2.24, 2.45) is 0 Å². The number of para-hydroxylation sites is 5. The van der Waals surface area contributed by atoms with Crippen LogP contribution in [0.3, 0.4) is 0 Å². The van der Waals surface area contributed by atoms with E-state index in [0.29, 0.717) is 182 Å². The fourth-order valence-electron chi connectivity index (χ4n) is 16.7. The standard InChI is InChI=1S/C24H28N8O2.C20H18FN7O2.C19H19N7O3.C19H17N7O2.C18H17N7O2/c1-31(2)19-10-8-18(9-11-19)26-23-29-21-16(12-15-13-20(33)28-22(15)34)14-25-32(21)24(30-23)27-17-6-4-3-5-7-17;21-14-6-7-27(11-14)19-25-17-13(8-12-9-16(29)24-18(12)30)10-22-28(17)20(26-19)23-15-4-2-1-3-5-15;1-29-8-7-20-18-24-16-13(9-12-10-15(27)23-17(12)28)11-21-26(16)19(25-18)22-14-5-3-2-4-6-14;27-15-9-11(17(28)23-15)8-12-10-20-26-16(12)24-18(21-14-6-7-14)25-19(26)22-13-4-2-1-3-5-13;1-24(2)17-22-15-12(8-11-9-14(26)21-16(11)27)10-19-25(15)18(23-17)20-13-6-4-3-5-7-13/h3-7,12,14,18-19H,8-11,13H2,1-2H3,(H,28,33,34)(H2,26,27,29,30);1-5,8,10,14H,6-7,9,11H2,(H,23,25,26)(H,24,29,30);2-6,9,11H,7-8,10H2,1H3,(H,23,27,28)(H2,20,22,24,25);1-5,8,10,14H,6-7,9H2,(H,23,27,28)(H2,21,22,24,25);3-8,10H,9H2,1-2H3,(H,20,22,23)(H,21,26,27)/b15-12+;12-8+;12-9+;2*11-8+. The molecule has 47 nitrogen and oxygen atoms in total. The van der Waals surface area contributed by atoms with Crippen LogP contribution in [0.5, 0.6) is 0 Å². The first kappa shape index (κ1) is 97.9. The summed E-state index contributed by atoms with van der Waals surface area (Å²) in [7, 11) is 9.56. The van der Waals surface area contributed by atoms with Gasteiger partial charge in [-0.2, -0.15) is 97.9 Å². The molecule has 1 atom stereocenters. The number of benzene rings is 5. The third-order valence-corrected chi connectivity index (χ3v) is 24.3. The molecule has 8 fully saturated rings. The zero-order valence-corrected chi connectivity index (χ0v) is 80.5. The third kappa shape index (κ3) is 23.5. The summed E-state index contributed by atoms with van der Waals surface area (Å²) in [6.45, 7) is 1.76. The Hall–Kier alpha value is -18.9. The number of carbonyl (C=O) groups is 10. The van der Waals surface area contributed by atoms with Crippen molar-refractivity contribution in [2.75, 3.05) is 114 Å². The second kappa shape index (κ2) is 43.9. The SMILES string of the molecule is CN(C)C1CCC(Nc2nc(Nc3ccccc3)n3ncc(/C=C4\CC(=O)NC4=O)c3n2)CC1.CN(C)c1nc(Nc2ccccc2)n2ncc(/C=C3\CC(=O)NC3=O)c2n1.COCCNc1nc(Nc2ccccc2)n2ncc(/C=C3\CC(=O)NC3=O)c2n1.O=C1C/C(=C\c2cnn3c(Nc4ccccc4)nc(N4CCC(F)C4)nc23)C(=O)N1.O=C1C/C(=C\c2cnn3c(Nc4ccccc4)nc(NC4CC4)nc23)C(=O)N1. The maximum Gasteiger partial charge on any atom is 0.254 e. The van der Waals surface area contributed by atoms with Crippen LogP contribution < -0.4 is 78.9 Å². The molecule has 6 saturated heterocycles. The molecule has 48 heteroatoms. The molecule has 1 unspecified atom stereocenters. The lowest BCUT2D eigenvalue weighted by Crippen LogP contribution is -2.36. The average Bonchev–Trinajstić information content (AvgIpc) is 1.63. The number of halogens is 1. The summed E-state index contributed by atoms with van der Waals surface area (Å²) in [5.74, 6) is 1.13. The number of nitrogens with one attached hydrogen (secondary N) is 13. The molecule has 752 valence electrons. The van der Waals surface area contributed by atoms with E-state index in [-0.39, 0.29) is 91.9 Å². The number of imide groups is 5. The molecule has 13 N–H and O–H groups in total. The predicted molar refractivity (Wildman–Crippen MR) is 548 cm³/mol. The Morgan fingerprint density at radius 3 is 0.932 bits per heavy atom. The number of aromatic nitrogens is 20. The first-order chi connectivity index (χ1) is 71.8. The van der Waals surface area contributed by atoms with Crippen LogP contribution in [-0.2, 0) is 52.7 Å². The molecule has 0 radical (unpaired) electrons. The number of carbonyl (C=O) groups excluding carboxylic acids is 10. The Bertz CT molecular complexity index is 7810. The molecule has 23 rings (SSSR count). The van der Waals surface area contributed by atoms with Crippen LogP contribution in [0.25, 0.3) is 58.6 Å². The molecule has 5 aromatic carbocycles. The summed E-state index contributed by atoms with van der Waals surface area (Å²) in [6, 6.07) is 49.3. The lowest BCUT2D eigenvalue weighted by molar-refractivity contribution is -0.125. The fraction of sp³-hybridized carbons (Fsp3) is 0.250. The van der Waals surface area contributed by atoms with Gasteiger partial charge in [0.25, 0.3) is 29.5 Å². The van der Waals surface area contributed by atoms with Crippen LogP contribution in [0.1, 0.15) is 105 Å². The van der Waals surface area contributed by atoms with Crippen molar-refractivity contribution in [3.63, 3.8) is 0 Å². The first-order valence-electron chi connectivity index (χ1n) is 47.4. The number of fused-ring (bicyclic) bond motifs is 5.